The van der Waals surface area contributed by atoms with Gasteiger partial charge in [0, 0.05) is 22.5 Å². The summed E-state index contributed by atoms with van der Waals surface area (Å²) in [5.41, 5.74) is 4.59. The summed E-state index contributed by atoms with van der Waals surface area (Å²) in [4.78, 5) is 12.0. The fourth-order valence-corrected chi connectivity index (χ4v) is 3.19. The van der Waals surface area contributed by atoms with Crippen LogP contribution in [0.4, 0.5) is 0 Å². The summed E-state index contributed by atoms with van der Waals surface area (Å²) in [6.07, 6.45) is 3.49. The van der Waals surface area contributed by atoms with Gasteiger partial charge in [0.15, 0.2) is 5.82 Å². The Balaban J connectivity index is 1.63. The maximum absolute atomic E-state index is 6.23. The van der Waals surface area contributed by atoms with Gasteiger partial charge in [-0.25, -0.2) is 4.98 Å². The molecule has 4 aromatic rings. The molecule has 0 fully saturated rings. The van der Waals surface area contributed by atoms with E-state index in [1.807, 2.05) is 41.9 Å². The number of hydrogen-bond donors (Lipinski definition) is 1. The van der Waals surface area contributed by atoms with Gasteiger partial charge < -0.3 is 9.72 Å². The number of fused-ring (bicyclic) bond motifs is 1. The summed E-state index contributed by atoms with van der Waals surface area (Å²) < 4.78 is 7.91. The Morgan fingerprint density at radius 2 is 2.07 bits per heavy atom. The van der Waals surface area contributed by atoms with Gasteiger partial charge in [-0.15, -0.1) is 0 Å². The van der Waals surface area contributed by atoms with Crippen LogP contribution in [0.2, 0.25) is 5.02 Å². The summed E-state index contributed by atoms with van der Waals surface area (Å²) in [5, 5.41) is 5.42. The molecule has 0 saturated carbocycles. The Bertz CT molecular complexity index is 1080. The molecule has 1 N–H and O–H groups in total. The van der Waals surface area contributed by atoms with Gasteiger partial charge in [0.2, 0.25) is 0 Å². The molecular formula is C21H22ClN5O. The minimum atomic E-state index is 0.448. The molecule has 4 rings (SSSR count). The molecule has 3 heterocycles. The molecule has 3 aromatic heterocycles. The monoisotopic (exact) mass is 395 g/mol. The molecule has 0 aliphatic heterocycles. The molecule has 0 atom stereocenters. The lowest BCUT2D eigenvalue weighted by Crippen LogP contribution is -2.09. The summed E-state index contributed by atoms with van der Waals surface area (Å²) in [5.74, 6) is 2.01. The van der Waals surface area contributed by atoms with Gasteiger partial charge >= 0.3 is 0 Å². The summed E-state index contributed by atoms with van der Waals surface area (Å²) in [6.45, 7) is 7.51. The Hall–Kier alpha value is -2.86. The summed E-state index contributed by atoms with van der Waals surface area (Å²) >= 11 is 6.23. The first kappa shape index (κ1) is 18.5. The Morgan fingerprint density at radius 1 is 1.21 bits per heavy atom. The van der Waals surface area contributed by atoms with Crippen LogP contribution in [0.3, 0.4) is 0 Å². The smallest absolute Gasteiger partial charge is 0.159 e. The molecule has 0 aliphatic rings. The number of aromatic nitrogens is 5. The topological polar surface area (TPSA) is 68.6 Å². The van der Waals surface area contributed by atoms with Gasteiger partial charge in [0.1, 0.15) is 11.4 Å². The molecule has 7 heteroatoms. The van der Waals surface area contributed by atoms with E-state index in [-0.39, 0.29) is 0 Å². The molecule has 144 valence electrons. The second-order valence-corrected chi connectivity index (χ2v) is 7.70. The number of halogens is 1. The zero-order valence-electron chi connectivity index (χ0n) is 16.1. The minimum absolute atomic E-state index is 0.448. The number of nitrogens with one attached hydrogen (secondary N) is 1. The van der Waals surface area contributed by atoms with E-state index in [2.05, 4.69) is 28.8 Å². The number of H-pyrrole nitrogens is 1. The fourth-order valence-electron chi connectivity index (χ4n) is 2.99. The van der Waals surface area contributed by atoms with E-state index in [0.717, 1.165) is 39.6 Å². The first-order valence-corrected chi connectivity index (χ1v) is 9.63. The maximum Gasteiger partial charge on any atom is 0.159 e. The first-order valence-electron chi connectivity index (χ1n) is 9.25. The van der Waals surface area contributed by atoms with Gasteiger partial charge in [-0.2, -0.15) is 5.10 Å². The second kappa shape index (κ2) is 7.64. The van der Waals surface area contributed by atoms with Crippen molar-refractivity contribution in [3.63, 3.8) is 0 Å². The molecule has 0 bridgehead atoms. The first-order chi connectivity index (χ1) is 13.5. The van der Waals surface area contributed by atoms with Crippen molar-refractivity contribution in [1.82, 2.24) is 24.7 Å². The minimum Gasteiger partial charge on any atom is -0.493 e. The van der Waals surface area contributed by atoms with Gasteiger partial charge in [-0.1, -0.05) is 25.4 Å². The molecular weight excluding hydrogens is 374 g/mol. The molecule has 0 radical (unpaired) electrons. The van der Waals surface area contributed by atoms with Crippen LogP contribution < -0.4 is 4.74 Å². The van der Waals surface area contributed by atoms with E-state index in [9.17, 15) is 0 Å². The zero-order chi connectivity index (χ0) is 19.7. The van der Waals surface area contributed by atoms with E-state index in [4.69, 9.17) is 21.4 Å². The van der Waals surface area contributed by atoms with Crippen LogP contribution in [0.15, 0.2) is 42.7 Å². The highest BCUT2D eigenvalue weighted by Gasteiger charge is 2.13. The summed E-state index contributed by atoms with van der Waals surface area (Å²) in [6, 6.07) is 9.61. The van der Waals surface area contributed by atoms with E-state index in [1.54, 1.807) is 12.4 Å². The van der Waals surface area contributed by atoms with Crippen molar-refractivity contribution in [3.8, 4) is 17.3 Å². The highest BCUT2D eigenvalue weighted by Crippen LogP contribution is 2.26. The number of aryl methyl sites for hydroxylation is 1. The van der Waals surface area contributed by atoms with Crippen LogP contribution >= 0.6 is 11.6 Å². The SMILES string of the molecule is Cc1cc(-c2nc3ccncc3[nH]2)nn1Cc1cc(Cl)ccc1OCC(C)C. The van der Waals surface area contributed by atoms with Crippen molar-refractivity contribution in [3.05, 3.63) is 59.0 Å². The number of ether oxygens (including phenoxy) is 1. The number of hydrogen-bond acceptors (Lipinski definition) is 4. The molecule has 0 amide bonds. The number of aromatic amines is 1. The average molecular weight is 396 g/mol. The van der Waals surface area contributed by atoms with Crippen molar-refractivity contribution in [2.24, 2.45) is 5.92 Å². The van der Waals surface area contributed by atoms with Crippen molar-refractivity contribution in [2.45, 2.75) is 27.3 Å². The molecule has 1 aromatic carbocycles. The number of imidazole rings is 1. The fraction of sp³-hybridized carbons (Fsp3) is 0.286. The van der Waals surface area contributed by atoms with Crippen molar-refractivity contribution in [1.29, 1.82) is 0 Å². The normalized spacial score (nSPS) is 11.5. The average Bonchev–Trinajstić information content (AvgIpc) is 3.24. The lowest BCUT2D eigenvalue weighted by molar-refractivity contribution is 0.268. The predicted octanol–water partition coefficient (Wildman–Crippen LogP) is 4.87. The van der Waals surface area contributed by atoms with Crippen LogP contribution in [-0.4, -0.2) is 31.3 Å². The molecule has 28 heavy (non-hydrogen) atoms. The number of benzene rings is 1. The quantitative estimate of drug-likeness (QED) is 0.505. The van der Waals surface area contributed by atoms with Crippen molar-refractivity contribution in [2.75, 3.05) is 6.61 Å². The third kappa shape index (κ3) is 3.87. The standard InChI is InChI=1S/C21H22ClN5O/c1-13(2)12-28-20-5-4-16(22)9-15(20)11-27-14(3)8-18(26-27)21-24-17-6-7-23-10-19(17)25-21/h4-10,13H,11-12H2,1-3H3,(H,24,25). The summed E-state index contributed by atoms with van der Waals surface area (Å²) in [7, 11) is 0. The number of nitrogens with zero attached hydrogens (tertiary/aromatic N) is 4. The molecule has 0 aliphatic carbocycles. The van der Waals surface area contributed by atoms with E-state index in [0.29, 0.717) is 24.1 Å². The van der Waals surface area contributed by atoms with Gasteiger partial charge in [-0.3, -0.25) is 9.67 Å². The van der Waals surface area contributed by atoms with Gasteiger partial charge in [-0.05, 0) is 43.2 Å². The van der Waals surface area contributed by atoms with Crippen LogP contribution in [0.5, 0.6) is 5.75 Å². The van der Waals surface area contributed by atoms with Gasteiger partial charge in [0.25, 0.3) is 0 Å². The van der Waals surface area contributed by atoms with Crippen molar-refractivity contribution < 1.29 is 4.74 Å². The third-order valence-corrected chi connectivity index (χ3v) is 4.66. The molecule has 0 saturated heterocycles. The molecule has 0 spiro atoms. The van der Waals surface area contributed by atoms with E-state index in [1.165, 1.54) is 0 Å². The van der Waals surface area contributed by atoms with E-state index >= 15 is 0 Å². The second-order valence-electron chi connectivity index (χ2n) is 7.26. The van der Waals surface area contributed by atoms with Gasteiger partial charge in [0.05, 0.1) is 30.4 Å². The van der Waals surface area contributed by atoms with Crippen molar-refractivity contribution >= 4 is 22.6 Å². The Labute approximate surface area is 168 Å². The largest absolute Gasteiger partial charge is 0.493 e. The lowest BCUT2D eigenvalue weighted by Gasteiger charge is -2.14. The number of rotatable bonds is 6. The van der Waals surface area contributed by atoms with Crippen LogP contribution in [0.25, 0.3) is 22.6 Å². The van der Waals surface area contributed by atoms with Crippen LogP contribution in [0.1, 0.15) is 25.1 Å². The van der Waals surface area contributed by atoms with Crippen LogP contribution in [0, 0.1) is 12.8 Å². The lowest BCUT2D eigenvalue weighted by atomic mass is 10.2. The molecule has 6 nitrogen and oxygen atoms in total. The zero-order valence-corrected chi connectivity index (χ0v) is 16.9. The highest BCUT2D eigenvalue weighted by atomic mass is 35.5. The molecule has 0 unspecified atom stereocenters. The van der Waals surface area contributed by atoms with E-state index < -0.39 is 0 Å². The predicted molar refractivity (Wildman–Crippen MR) is 111 cm³/mol. The third-order valence-electron chi connectivity index (χ3n) is 4.42. The maximum atomic E-state index is 6.23. The Morgan fingerprint density at radius 3 is 2.86 bits per heavy atom. The Kier molecular flexibility index (Phi) is 5.05. The van der Waals surface area contributed by atoms with Crippen LogP contribution in [-0.2, 0) is 6.54 Å². The highest BCUT2D eigenvalue weighted by molar-refractivity contribution is 6.30. The number of pyridine rings is 1.